The van der Waals surface area contributed by atoms with Crippen molar-refractivity contribution >= 4 is 22.8 Å². The second kappa shape index (κ2) is 7.76. The Balaban J connectivity index is 2.82. The highest BCUT2D eigenvalue weighted by Crippen LogP contribution is 2.22. The largest absolute Gasteiger partial charge is 0.456 e. The van der Waals surface area contributed by atoms with E-state index in [4.69, 9.17) is 4.74 Å². The van der Waals surface area contributed by atoms with Gasteiger partial charge in [-0.15, -0.1) is 0 Å². The van der Waals surface area contributed by atoms with Gasteiger partial charge in [0, 0.05) is 12.7 Å². The van der Waals surface area contributed by atoms with Crippen LogP contribution in [0.1, 0.15) is 49.7 Å². The molecule has 0 heterocycles. The van der Waals surface area contributed by atoms with E-state index in [9.17, 15) is 19.8 Å². The van der Waals surface area contributed by atoms with Crippen molar-refractivity contribution in [1.29, 1.82) is 0 Å². The van der Waals surface area contributed by atoms with Gasteiger partial charge in [-0.2, -0.15) is 0 Å². The van der Waals surface area contributed by atoms with Crippen molar-refractivity contribution in [3.8, 4) is 0 Å². The lowest BCUT2D eigenvalue weighted by atomic mass is 10.0. The molecule has 1 aromatic carbocycles. The Kier molecular flexibility index (Phi) is 6.59. The van der Waals surface area contributed by atoms with Crippen LogP contribution in [-0.4, -0.2) is 38.8 Å². The number of carbonyl (C=O) groups is 2. The van der Waals surface area contributed by atoms with Crippen LogP contribution >= 0.6 is 11.8 Å². The fourth-order valence-corrected chi connectivity index (χ4v) is 2.29. The van der Waals surface area contributed by atoms with Crippen LogP contribution in [0.2, 0.25) is 0 Å². The molecule has 0 bridgehead atoms. The van der Waals surface area contributed by atoms with Gasteiger partial charge in [-0.05, 0) is 38.5 Å². The lowest BCUT2D eigenvalue weighted by molar-refractivity contribution is -0.109. The molecule has 0 aromatic heterocycles. The molecule has 2 N–H and O–H groups in total. The summed E-state index contributed by atoms with van der Waals surface area (Å²) in [5.74, 6) is -0.401. The maximum absolute atomic E-state index is 12.0. The molecule has 0 spiro atoms. The van der Waals surface area contributed by atoms with Crippen LogP contribution in [0.5, 0.6) is 0 Å². The second-order valence-corrected chi connectivity index (χ2v) is 7.14. The minimum absolute atomic E-state index is 0.0904. The molecule has 2 unspecified atom stereocenters. The molecule has 1 aromatic rings. The summed E-state index contributed by atoms with van der Waals surface area (Å²) in [6.45, 7) is 6.71. The fourth-order valence-electron chi connectivity index (χ4n) is 1.70. The van der Waals surface area contributed by atoms with E-state index in [-0.39, 0.29) is 10.9 Å². The molecule has 0 radical (unpaired) electrons. The number of ether oxygens (including phenoxy) is 1. The summed E-state index contributed by atoms with van der Waals surface area (Å²) in [6.07, 6.45) is -2.27. The predicted molar refractivity (Wildman–Crippen MR) is 85.7 cm³/mol. The molecule has 2 atom stereocenters. The van der Waals surface area contributed by atoms with Crippen molar-refractivity contribution in [3.63, 3.8) is 0 Å². The van der Waals surface area contributed by atoms with Crippen LogP contribution in [0.25, 0.3) is 0 Å². The molecule has 0 aliphatic heterocycles. The first-order chi connectivity index (χ1) is 10.1. The topological polar surface area (TPSA) is 83.8 Å². The molecule has 5 nitrogen and oxygen atoms in total. The molecular weight excluding hydrogens is 304 g/mol. The number of aliphatic hydroxyl groups is 2. The van der Waals surface area contributed by atoms with E-state index in [0.717, 1.165) is 11.8 Å². The number of rotatable bonds is 5. The van der Waals surface area contributed by atoms with Gasteiger partial charge in [0.25, 0.3) is 0 Å². The zero-order chi connectivity index (χ0) is 16.9. The second-order valence-electron chi connectivity index (χ2n) is 5.94. The third kappa shape index (κ3) is 6.17. The smallest absolute Gasteiger partial charge is 0.338 e. The summed E-state index contributed by atoms with van der Waals surface area (Å²) in [5.41, 5.74) is 0.0986. The minimum atomic E-state index is -1.17. The summed E-state index contributed by atoms with van der Waals surface area (Å²) >= 11 is 0.940. The molecular formula is C16H22O5S. The normalized spacial score (nSPS) is 14.3. The number of benzene rings is 1. The van der Waals surface area contributed by atoms with Gasteiger partial charge in [0.1, 0.15) is 11.7 Å². The summed E-state index contributed by atoms with van der Waals surface area (Å²) in [7, 11) is 0. The first-order valence-electron chi connectivity index (χ1n) is 6.93. The molecule has 122 valence electrons. The Morgan fingerprint density at radius 3 is 2.45 bits per heavy atom. The van der Waals surface area contributed by atoms with Crippen LogP contribution in [-0.2, 0) is 9.53 Å². The standard InChI is InChI=1S/C16H22O5S/c1-10(17)22-9-13(18)14(19)11-6-5-7-12(8-11)15(20)21-16(2,3)4/h5-8,13-14,18-19H,9H2,1-4H3. The molecule has 6 heteroatoms. The van der Waals surface area contributed by atoms with E-state index in [1.807, 2.05) is 0 Å². The predicted octanol–water partition coefficient (Wildman–Crippen LogP) is 2.32. The lowest BCUT2D eigenvalue weighted by Crippen LogP contribution is -2.24. The molecule has 0 saturated heterocycles. The average molecular weight is 326 g/mol. The van der Waals surface area contributed by atoms with E-state index in [1.165, 1.54) is 13.0 Å². The van der Waals surface area contributed by atoms with Gasteiger partial charge in [0.2, 0.25) is 0 Å². The average Bonchev–Trinajstić information content (AvgIpc) is 2.42. The monoisotopic (exact) mass is 326 g/mol. The van der Waals surface area contributed by atoms with Crippen LogP contribution in [0.4, 0.5) is 0 Å². The van der Waals surface area contributed by atoms with Gasteiger partial charge in [-0.1, -0.05) is 23.9 Å². The quantitative estimate of drug-likeness (QED) is 0.808. The van der Waals surface area contributed by atoms with Crippen molar-refractivity contribution in [2.45, 2.75) is 45.5 Å². The highest BCUT2D eigenvalue weighted by molar-refractivity contribution is 8.13. The molecule has 0 saturated carbocycles. The molecule has 1 rings (SSSR count). The number of thioether (sulfide) groups is 1. The first-order valence-corrected chi connectivity index (χ1v) is 7.91. The minimum Gasteiger partial charge on any atom is -0.456 e. The van der Waals surface area contributed by atoms with Gasteiger partial charge in [-0.3, -0.25) is 4.79 Å². The Labute approximate surface area is 134 Å². The van der Waals surface area contributed by atoms with E-state index in [0.29, 0.717) is 11.1 Å². The van der Waals surface area contributed by atoms with Crippen LogP contribution < -0.4 is 0 Å². The SMILES string of the molecule is CC(=O)SCC(O)C(O)c1cccc(C(=O)OC(C)(C)C)c1. The molecule has 0 aliphatic rings. The number of aliphatic hydroxyl groups excluding tert-OH is 2. The number of hydrogen-bond donors (Lipinski definition) is 2. The van der Waals surface area contributed by atoms with Gasteiger partial charge in [0.15, 0.2) is 5.12 Å². The number of carbonyl (C=O) groups excluding carboxylic acids is 2. The van der Waals surface area contributed by atoms with Gasteiger partial charge in [-0.25, -0.2) is 4.79 Å². The lowest BCUT2D eigenvalue weighted by Gasteiger charge is -2.21. The highest BCUT2D eigenvalue weighted by Gasteiger charge is 2.22. The van der Waals surface area contributed by atoms with Crippen molar-refractivity contribution in [2.75, 3.05) is 5.75 Å². The zero-order valence-electron chi connectivity index (χ0n) is 13.2. The van der Waals surface area contributed by atoms with Crippen molar-refractivity contribution < 1.29 is 24.5 Å². The Hall–Kier alpha value is -1.37. The molecule has 22 heavy (non-hydrogen) atoms. The number of esters is 1. The van der Waals surface area contributed by atoms with Gasteiger partial charge >= 0.3 is 5.97 Å². The van der Waals surface area contributed by atoms with Crippen molar-refractivity contribution in [1.82, 2.24) is 0 Å². The maximum atomic E-state index is 12.0. The van der Waals surface area contributed by atoms with Gasteiger partial charge < -0.3 is 14.9 Å². The third-order valence-corrected chi connectivity index (χ3v) is 3.60. The number of hydrogen-bond acceptors (Lipinski definition) is 6. The molecule has 0 aliphatic carbocycles. The maximum Gasteiger partial charge on any atom is 0.338 e. The van der Waals surface area contributed by atoms with Crippen LogP contribution in [0, 0.1) is 0 Å². The molecule has 0 amide bonds. The third-order valence-electron chi connectivity index (χ3n) is 2.68. The van der Waals surface area contributed by atoms with E-state index in [1.54, 1.807) is 39.0 Å². The zero-order valence-corrected chi connectivity index (χ0v) is 14.0. The van der Waals surface area contributed by atoms with E-state index < -0.39 is 23.8 Å². The van der Waals surface area contributed by atoms with E-state index >= 15 is 0 Å². The summed E-state index contributed by atoms with van der Waals surface area (Å²) in [4.78, 5) is 22.9. The summed E-state index contributed by atoms with van der Waals surface area (Å²) in [6, 6.07) is 6.30. The summed E-state index contributed by atoms with van der Waals surface area (Å²) < 4.78 is 5.27. The van der Waals surface area contributed by atoms with Crippen LogP contribution in [0.15, 0.2) is 24.3 Å². The van der Waals surface area contributed by atoms with Crippen LogP contribution in [0.3, 0.4) is 0 Å². The van der Waals surface area contributed by atoms with Gasteiger partial charge in [0.05, 0.1) is 11.7 Å². The first kappa shape index (κ1) is 18.7. The fraction of sp³-hybridized carbons (Fsp3) is 0.500. The Bertz CT molecular complexity index is 536. The van der Waals surface area contributed by atoms with Crippen molar-refractivity contribution in [3.05, 3.63) is 35.4 Å². The highest BCUT2D eigenvalue weighted by atomic mass is 32.2. The molecule has 0 fully saturated rings. The Morgan fingerprint density at radius 2 is 1.91 bits per heavy atom. The summed E-state index contributed by atoms with van der Waals surface area (Å²) in [5, 5.41) is 19.9. The van der Waals surface area contributed by atoms with E-state index in [2.05, 4.69) is 0 Å². The Morgan fingerprint density at radius 1 is 1.27 bits per heavy atom. The van der Waals surface area contributed by atoms with Crippen molar-refractivity contribution in [2.24, 2.45) is 0 Å².